The number of carbonyl (C=O) groups excluding carboxylic acids is 1. The van der Waals surface area contributed by atoms with Gasteiger partial charge in [0.2, 0.25) is 0 Å². The van der Waals surface area contributed by atoms with Crippen LogP contribution in [-0.2, 0) is 0 Å². The van der Waals surface area contributed by atoms with E-state index in [4.69, 9.17) is 11.6 Å². The molecule has 0 unspecified atom stereocenters. The number of thioether (sulfide) groups is 1. The van der Waals surface area contributed by atoms with Gasteiger partial charge in [-0.15, -0.1) is 0 Å². The number of rotatable bonds is 2. The van der Waals surface area contributed by atoms with Crippen LogP contribution in [0.1, 0.15) is 11.1 Å². The van der Waals surface area contributed by atoms with E-state index in [1.807, 2.05) is 50.2 Å². The maximum Gasteiger partial charge on any atom is 0.288 e. The molecular weight excluding hydrogens is 278 g/mol. The molecule has 0 saturated carbocycles. The molecule has 0 radical (unpaired) electrons. The van der Waals surface area contributed by atoms with Gasteiger partial charge in [-0.1, -0.05) is 41.9 Å². The van der Waals surface area contributed by atoms with Gasteiger partial charge in [0.25, 0.3) is 5.24 Å². The van der Waals surface area contributed by atoms with Gasteiger partial charge in [0.05, 0.1) is 10.7 Å². The van der Waals surface area contributed by atoms with E-state index in [0.717, 1.165) is 16.0 Å². The molecule has 19 heavy (non-hydrogen) atoms. The van der Waals surface area contributed by atoms with E-state index in [9.17, 15) is 4.79 Å². The van der Waals surface area contributed by atoms with Crippen molar-refractivity contribution in [1.82, 2.24) is 0 Å². The second-order valence-electron chi connectivity index (χ2n) is 4.21. The highest BCUT2D eigenvalue weighted by Gasteiger charge is 2.10. The second kappa shape index (κ2) is 6.13. The van der Waals surface area contributed by atoms with Crippen LogP contribution in [0.3, 0.4) is 0 Å². The van der Waals surface area contributed by atoms with E-state index in [0.29, 0.717) is 10.7 Å². The summed E-state index contributed by atoms with van der Waals surface area (Å²) in [4.78, 5) is 13.0. The highest BCUT2D eigenvalue weighted by Crippen LogP contribution is 2.29. The van der Waals surface area contributed by atoms with Crippen molar-refractivity contribution in [3.8, 4) is 0 Å². The molecule has 2 aromatic rings. The number of aryl methyl sites for hydroxylation is 2. The minimum absolute atomic E-state index is 0.134. The zero-order chi connectivity index (χ0) is 13.8. The van der Waals surface area contributed by atoms with Crippen molar-refractivity contribution < 1.29 is 4.79 Å². The molecule has 0 aliphatic carbocycles. The number of para-hydroxylation sites is 1. The Labute approximate surface area is 122 Å². The largest absolute Gasteiger partial charge is 0.315 e. The van der Waals surface area contributed by atoms with Crippen molar-refractivity contribution >= 4 is 34.3 Å². The lowest BCUT2D eigenvalue weighted by atomic mass is 10.2. The first-order chi connectivity index (χ1) is 9.08. The van der Waals surface area contributed by atoms with Gasteiger partial charge in [0, 0.05) is 4.90 Å². The Morgan fingerprint density at radius 3 is 2.42 bits per heavy atom. The lowest BCUT2D eigenvalue weighted by Crippen LogP contribution is -2.06. The van der Waals surface area contributed by atoms with E-state index in [1.54, 1.807) is 6.07 Å². The quantitative estimate of drug-likeness (QED) is 0.763. The van der Waals surface area contributed by atoms with Gasteiger partial charge in [-0.3, -0.25) is 4.79 Å². The predicted molar refractivity (Wildman–Crippen MR) is 82.2 cm³/mol. The molecular formula is C15H14ClNOS. The van der Waals surface area contributed by atoms with Gasteiger partial charge >= 0.3 is 0 Å². The molecule has 0 atom stereocenters. The minimum atomic E-state index is -0.134. The zero-order valence-electron chi connectivity index (χ0n) is 10.7. The normalized spacial score (nSPS) is 10.3. The SMILES string of the molecule is Cc1ccccc1SC(=O)Nc1c(C)cccc1Cl. The summed E-state index contributed by atoms with van der Waals surface area (Å²) in [5.74, 6) is 0. The fraction of sp³-hybridized carbons (Fsp3) is 0.133. The third-order valence-corrected chi connectivity index (χ3v) is 4.03. The van der Waals surface area contributed by atoms with Gasteiger partial charge in [0.15, 0.2) is 0 Å². The maximum atomic E-state index is 12.0. The van der Waals surface area contributed by atoms with E-state index in [-0.39, 0.29) is 5.24 Å². The van der Waals surface area contributed by atoms with Gasteiger partial charge in [-0.2, -0.15) is 0 Å². The third-order valence-electron chi connectivity index (χ3n) is 2.75. The molecule has 4 heteroatoms. The molecule has 1 amide bonds. The van der Waals surface area contributed by atoms with Gasteiger partial charge in [-0.25, -0.2) is 0 Å². The summed E-state index contributed by atoms with van der Waals surface area (Å²) >= 11 is 7.26. The van der Waals surface area contributed by atoms with Crippen molar-refractivity contribution in [3.63, 3.8) is 0 Å². The molecule has 1 N–H and O–H groups in total. The standard InChI is InChI=1S/C15H14ClNOS/c1-10-6-3-4-9-13(10)19-15(18)17-14-11(2)7-5-8-12(14)16/h3-9H,1-2H3,(H,17,18). The van der Waals surface area contributed by atoms with Gasteiger partial charge in [0.1, 0.15) is 0 Å². The first-order valence-electron chi connectivity index (χ1n) is 5.87. The molecule has 0 heterocycles. The summed E-state index contributed by atoms with van der Waals surface area (Å²) in [7, 11) is 0. The Balaban J connectivity index is 2.12. The number of carbonyl (C=O) groups is 1. The molecule has 0 saturated heterocycles. The van der Waals surface area contributed by atoms with Crippen molar-refractivity contribution in [2.45, 2.75) is 18.7 Å². The van der Waals surface area contributed by atoms with Crippen LogP contribution < -0.4 is 5.32 Å². The number of anilines is 1. The summed E-state index contributed by atoms with van der Waals surface area (Å²) < 4.78 is 0. The minimum Gasteiger partial charge on any atom is -0.315 e. The summed E-state index contributed by atoms with van der Waals surface area (Å²) in [5, 5.41) is 3.27. The monoisotopic (exact) mass is 291 g/mol. The van der Waals surface area contributed by atoms with Crippen LogP contribution in [0, 0.1) is 13.8 Å². The summed E-state index contributed by atoms with van der Waals surface area (Å²) in [5.41, 5.74) is 2.71. The van der Waals surface area contributed by atoms with Crippen LogP contribution in [0.4, 0.5) is 10.5 Å². The van der Waals surface area contributed by atoms with Crippen molar-refractivity contribution in [1.29, 1.82) is 0 Å². The van der Waals surface area contributed by atoms with Crippen LogP contribution in [-0.4, -0.2) is 5.24 Å². The molecule has 0 fully saturated rings. The average Bonchev–Trinajstić information content (AvgIpc) is 2.37. The van der Waals surface area contributed by atoms with Crippen LogP contribution >= 0.6 is 23.4 Å². The Morgan fingerprint density at radius 2 is 1.74 bits per heavy atom. The Kier molecular flexibility index (Phi) is 4.51. The number of hydrogen-bond donors (Lipinski definition) is 1. The molecule has 2 aromatic carbocycles. The third kappa shape index (κ3) is 3.52. The smallest absolute Gasteiger partial charge is 0.288 e. The van der Waals surface area contributed by atoms with Crippen LogP contribution in [0.15, 0.2) is 47.4 Å². The zero-order valence-corrected chi connectivity index (χ0v) is 12.3. The molecule has 0 aliphatic heterocycles. The summed E-state index contributed by atoms with van der Waals surface area (Å²) in [6.45, 7) is 3.90. The van der Waals surface area contributed by atoms with Gasteiger partial charge in [-0.05, 0) is 48.9 Å². The lowest BCUT2D eigenvalue weighted by Gasteiger charge is -2.10. The molecule has 2 rings (SSSR count). The van der Waals surface area contributed by atoms with E-state index in [2.05, 4.69) is 5.32 Å². The number of halogens is 1. The van der Waals surface area contributed by atoms with Crippen molar-refractivity contribution in [2.24, 2.45) is 0 Å². The number of nitrogens with one attached hydrogen (secondary N) is 1. The highest BCUT2D eigenvalue weighted by molar-refractivity contribution is 8.14. The Hall–Kier alpha value is -1.45. The fourth-order valence-electron chi connectivity index (χ4n) is 1.69. The Bertz CT molecular complexity index is 593. The van der Waals surface area contributed by atoms with E-state index < -0.39 is 0 Å². The van der Waals surface area contributed by atoms with Crippen LogP contribution in [0.5, 0.6) is 0 Å². The van der Waals surface area contributed by atoms with E-state index in [1.165, 1.54) is 11.8 Å². The fourth-order valence-corrected chi connectivity index (χ4v) is 2.69. The second-order valence-corrected chi connectivity index (χ2v) is 5.63. The molecule has 0 aliphatic rings. The molecule has 0 bridgehead atoms. The highest BCUT2D eigenvalue weighted by atomic mass is 35.5. The molecule has 0 spiro atoms. The number of amides is 1. The lowest BCUT2D eigenvalue weighted by molar-refractivity contribution is 0.269. The number of benzene rings is 2. The predicted octanol–water partition coefficient (Wildman–Crippen LogP) is 5.28. The molecule has 0 aromatic heterocycles. The topological polar surface area (TPSA) is 29.1 Å². The Morgan fingerprint density at radius 1 is 1.05 bits per heavy atom. The number of hydrogen-bond acceptors (Lipinski definition) is 2. The van der Waals surface area contributed by atoms with Crippen molar-refractivity contribution in [2.75, 3.05) is 5.32 Å². The first-order valence-corrected chi connectivity index (χ1v) is 7.07. The van der Waals surface area contributed by atoms with Gasteiger partial charge < -0.3 is 5.32 Å². The maximum absolute atomic E-state index is 12.0. The van der Waals surface area contributed by atoms with Crippen LogP contribution in [0.2, 0.25) is 5.02 Å². The average molecular weight is 292 g/mol. The van der Waals surface area contributed by atoms with E-state index >= 15 is 0 Å². The molecule has 2 nitrogen and oxygen atoms in total. The van der Waals surface area contributed by atoms with Crippen LogP contribution in [0.25, 0.3) is 0 Å². The first kappa shape index (κ1) is 14.0. The van der Waals surface area contributed by atoms with Crippen molar-refractivity contribution in [3.05, 3.63) is 58.6 Å². The molecule has 98 valence electrons. The summed E-state index contributed by atoms with van der Waals surface area (Å²) in [6.07, 6.45) is 0. The summed E-state index contributed by atoms with van der Waals surface area (Å²) in [6, 6.07) is 13.3.